The zero-order valence-corrected chi connectivity index (χ0v) is 7.11. The van der Waals surface area contributed by atoms with Gasteiger partial charge in [-0.25, -0.2) is 5.84 Å². The highest BCUT2D eigenvalue weighted by molar-refractivity contribution is 7.15. The Morgan fingerprint density at radius 3 is 3.15 bits per heavy atom. The number of nitrogens with one attached hydrogen (secondary N) is 1. The van der Waals surface area contributed by atoms with Crippen molar-refractivity contribution >= 4 is 27.9 Å². The number of hydrazine groups is 1. The first-order chi connectivity index (χ1) is 6.24. The Morgan fingerprint density at radius 2 is 2.54 bits per heavy atom. The molecule has 0 saturated heterocycles. The average molecular weight is 199 g/mol. The molecule has 13 heavy (non-hydrogen) atoms. The number of aromatic nitrogens is 2. The van der Waals surface area contributed by atoms with E-state index < -0.39 is 4.92 Å². The van der Waals surface area contributed by atoms with Crippen LogP contribution in [0.1, 0.15) is 0 Å². The second kappa shape index (κ2) is 2.68. The van der Waals surface area contributed by atoms with Gasteiger partial charge in [-0.2, -0.15) is 9.38 Å². The quantitative estimate of drug-likeness (QED) is 0.419. The third-order valence-electron chi connectivity index (χ3n) is 1.55. The normalized spacial score (nSPS) is 10.5. The lowest BCUT2D eigenvalue weighted by atomic mass is 10.6. The van der Waals surface area contributed by atoms with E-state index in [-0.39, 0.29) is 11.6 Å². The molecule has 68 valence electrons. The molecule has 7 nitrogen and oxygen atoms in total. The summed E-state index contributed by atoms with van der Waals surface area (Å²) in [6.45, 7) is 0. The Balaban J connectivity index is 2.77. The molecule has 2 heterocycles. The van der Waals surface area contributed by atoms with E-state index >= 15 is 0 Å². The van der Waals surface area contributed by atoms with E-state index in [1.54, 1.807) is 11.6 Å². The molecule has 3 N–H and O–H groups in total. The van der Waals surface area contributed by atoms with E-state index in [1.807, 2.05) is 0 Å². The van der Waals surface area contributed by atoms with Gasteiger partial charge in [0, 0.05) is 5.38 Å². The van der Waals surface area contributed by atoms with Crippen molar-refractivity contribution in [3.63, 3.8) is 0 Å². The highest BCUT2D eigenvalue weighted by atomic mass is 32.1. The first-order valence-electron chi connectivity index (χ1n) is 3.30. The van der Waals surface area contributed by atoms with Gasteiger partial charge in [0.1, 0.15) is 6.20 Å². The van der Waals surface area contributed by atoms with Crippen LogP contribution in [-0.2, 0) is 0 Å². The number of nitrogen functional groups attached to an aromatic ring is 1. The predicted octanol–water partition coefficient (Wildman–Crippen LogP) is 0.590. The molecule has 0 spiro atoms. The molecule has 2 aromatic rings. The highest BCUT2D eigenvalue weighted by Gasteiger charge is 2.22. The molecule has 0 unspecified atom stereocenters. The summed E-state index contributed by atoms with van der Waals surface area (Å²) in [6, 6.07) is 0. The second-order valence-electron chi connectivity index (χ2n) is 2.24. The summed E-state index contributed by atoms with van der Waals surface area (Å²) < 4.78 is 1.37. The van der Waals surface area contributed by atoms with Crippen LogP contribution in [0.5, 0.6) is 0 Å². The minimum atomic E-state index is -0.526. The molecule has 0 saturated carbocycles. The van der Waals surface area contributed by atoms with E-state index in [1.165, 1.54) is 15.7 Å². The Morgan fingerprint density at radius 1 is 1.77 bits per heavy atom. The van der Waals surface area contributed by atoms with Crippen molar-refractivity contribution in [1.82, 2.24) is 9.38 Å². The van der Waals surface area contributed by atoms with Crippen molar-refractivity contribution in [3.8, 4) is 0 Å². The van der Waals surface area contributed by atoms with Gasteiger partial charge in [-0.15, -0.1) is 0 Å². The van der Waals surface area contributed by atoms with Crippen molar-refractivity contribution in [3.05, 3.63) is 21.7 Å². The monoisotopic (exact) mass is 199 g/mol. The van der Waals surface area contributed by atoms with Crippen LogP contribution in [-0.4, -0.2) is 14.3 Å². The molecule has 2 rings (SSSR count). The minimum absolute atomic E-state index is 0.0804. The molecule has 2 aromatic heterocycles. The first kappa shape index (κ1) is 7.95. The summed E-state index contributed by atoms with van der Waals surface area (Å²) in [5, 5.41) is 12.3. The highest BCUT2D eigenvalue weighted by Crippen LogP contribution is 2.26. The maximum atomic E-state index is 10.6. The van der Waals surface area contributed by atoms with Gasteiger partial charge in [0.05, 0.1) is 0 Å². The summed E-state index contributed by atoms with van der Waals surface area (Å²) in [5.74, 6) is 5.03. The lowest BCUT2D eigenvalue weighted by molar-refractivity contribution is -0.389. The molecule has 0 radical (unpaired) electrons. The van der Waals surface area contributed by atoms with Gasteiger partial charge in [0.15, 0.2) is 0 Å². The van der Waals surface area contributed by atoms with E-state index in [9.17, 15) is 10.1 Å². The Kier molecular flexibility index (Phi) is 1.64. The summed E-state index contributed by atoms with van der Waals surface area (Å²) in [6.07, 6.45) is 1.58. The fourth-order valence-corrected chi connectivity index (χ4v) is 1.75. The SMILES string of the molecule is NNc1nc2sccn2c1[N+](=O)[O-]. The van der Waals surface area contributed by atoms with Crippen molar-refractivity contribution in [2.75, 3.05) is 5.43 Å². The number of thiazole rings is 1. The lowest BCUT2D eigenvalue weighted by Gasteiger charge is -1.94. The molecule has 0 aliphatic rings. The number of imidazole rings is 1. The van der Waals surface area contributed by atoms with Crippen LogP contribution in [0.25, 0.3) is 4.96 Å². The lowest BCUT2D eigenvalue weighted by Crippen LogP contribution is -2.09. The molecular formula is C5H5N5O2S. The van der Waals surface area contributed by atoms with Gasteiger partial charge in [0.25, 0.3) is 4.96 Å². The topological polar surface area (TPSA) is 98.5 Å². The summed E-state index contributed by atoms with van der Waals surface area (Å²) in [4.78, 5) is 14.5. The number of hydrogen-bond acceptors (Lipinski definition) is 6. The van der Waals surface area contributed by atoms with Crippen LogP contribution >= 0.6 is 11.3 Å². The van der Waals surface area contributed by atoms with Crippen molar-refractivity contribution < 1.29 is 4.92 Å². The predicted molar refractivity (Wildman–Crippen MR) is 47.5 cm³/mol. The Hall–Kier alpha value is -1.67. The number of rotatable bonds is 2. The third kappa shape index (κ3) is 1.03. The fourth-order valence-electron chi connectivity index (χ4n) is 1.05. The number of anilines is 1. The van der Waals surface area contributed by atoms with Gasteiger partial charge >= 0.3 is 5.82 Å². The third-order valence-corrected chi connectivity index (χ3v) is 2.30. The Bertz CT molecular complexity index is 460. The molecule has 0 aliphatic carbocycles. The van der Waals surface area contributed by atoms with Crippen LogP contribution in [0.3, 0.4) is 0 Å². The van der Waals surface area contributed by atoms with Gasteiger partial charge in [-0.05, 0) is 4.92 Å². The molecule has 0 bridgehead atoms. The van der Waals surface area contributed by atoms with Crippen LogP contribution in [0.2, 0.25) is 0 Å². The van der Waals surface area contributed by atoms with Gasteiger partial charge < -0.3 is 15.5 Å². The Labute approximate surface area is 75.9 Å². The maximum Gasteiger partial charge on any atom is 0.374 e. The van der Waals surface area contributed by atoms with E-state index in [4.69, 9.17) is 5.84 Å². The maximum absolute atomic E-state index is 10.6. The van der Waals surface area contributed by atoms with Gasteiger partial charge in [-0.3, -0.25) is 0 Å². The molecule has 8 heteroatoms. The van der Waals surface area contributed by atoms with E-state index in [2.05, 4.69) is 10.4 Å². The van der Waals surface area contributed by atoms with Crippen LogP contribution in [0, 0.1) is 10.1 Å². The number of nitro groups is 1. The van der Waals surface area contributed by atoms with Crippen LogP contribution < -0.4 is 11.3 Å². The van der Waals surface area contributed by atoms with E-state index in [0.29, 0.717) is 4.96 Å². The molecule has 0 amide bonds. The summed E-state index contributed by atoms with van der Waals surface area (Å²) in [5.41, 5.74) is 2.19. The second-order valence-corrected chi connectivity index (χ2v) is 3.11. The zero-order chi connectivity index (χ0) is 9.42. The van der Waals surface area contributed by atoms with E-state index in [0.717, 1.165) is 0 Å². The summed E-state index contributed by atoms with van der Waals surface area (Å²) in [7, 11) is 0. The number of nitrogens with zero attached hydrogens (tertiary/aromatic N) is 3. The molecule has 0 atom stereocenters. The molecule has 0 fully saturated rings. The smallest absolute Gasteiger partial charge is 0.358 e. The standard InChI is InChI=1S/C5H5N5O2S/c6-8-3-4(10(11)12)9-1-2-13-5(9)7-3/h1-2,8H,6H2. The first-order valence-corrected chi connectivity index (χ1v) is 4.18. The number of hydrogen-bond donors (Lipinski definition) is 2. The van der Waals surface area contributed by atoms with Gasteiger partial charge in [0.2, 0.25) is 5.82 Å². The minimum Gasteiger partial charge on any atom is -0.358 e. The average Bonchev–Trinajstić information content (AvgIpc) is 2.59. The fraction of sp³-hybridized carbons (Fsp3) is 0. The number of nitrogens with two attached hydrogens (primary N) is 1. The van der Waals surface area contributed by atoms with Crippen molar-refractivity contribution in [2.24, 2.45) is 5.84 Å². The van der Waals surface area contributed by atoms with Gasteiger partial charge in [-0.1, -0.05) is 11.3 Å². The number of fused-ring (bicyclic) bond motifs is 1. The largest absolute Gasteiger partial charge is 0.374 e. The van der Waals surface area contributed by atoms with Crippen molar-refractivity contribution in [2.45, 2.75) is 0 Å². The van der Waals surface area contributed by atoms with Crippen LogP contribution in [0.4, 0.5) is 11.6 Å². The molecule has 0 aromatic carbocycles. The summed E-state index contributed by atoms with van der Waals surface area (Å²) >= 11 is 1.31. The zero-order valence-electron chi connectivity index (χ0n) is 6.30. The molecular weight excluding hydrogens is 194 g/mol. The van der Waals surface area contributed by atoms with Crippen LogP contribution in [0.15, 0.2) is 11.6 Å². The molecule has 0 aliphatic heterocycles. The van der Waals surface area contributed by atoms with Crippen molar-refractivity contribution in [1.29, 1.82) is 0 Å².